The molecule has 0 aliphatic carbocycles. The lowest BCUT2D eigenvalue weighted by atomic mass is 10.1. The zero-order valence-corrected chi connectivity index (χ0v) is 10.3. The van der Waals surface area contributed by atoms with Gasteiger partial charge in [-0.05, 0) is 30.3 Å². The Morgan fingerprint density at radius 1 is 0.900 bits per heavy atom. The number of hydrogen-bond donors (Lipinski definition) is 2. The Bertz CT molecular complexity index is 815. The summed E-state index contributed by atoms with van der Waals surface area (Å²) in [6.07, 6.45) is 0.624. The highest BCUT2D eigenvalue weighted by molar-refractivity contribution is 5.88. The van der Waals surface area contributed by atoms with Gasteiger partial charge in [0.2, 0.25) is 0 Å². The van der Waals surface area contributed by atoms with Gasteiger partial charge in [-0.15, -0.1) is 0 Å². The molecule has 0 bridgehead atoms. The number of carbonyl (C=O) groups excluding carboxylic acids is 1. The van der Waals surface area contributed by atoms with Crippen molar-refractivity contribution in [3.63, 3.8) is 0 Å². The van der Waals surface area contributed by atoms with Gasteiger partial charge in [0.05, 0.1) is 11.0 Å². The Hall–Kier alpha value is -2.95. The van der Waals surface area contributed by atoms with E-state index in [-0.39, 0.29) is 17.2 Å². The Morgan fingerprint density at radius 3 is 2.25 bits per heavy atom. The summed E-state index contributed by atoms with van der Waals surface area (Å²) >= 11 is 0. The summed E-state index contributed by atoms with van der Waals surface area (Å²) in [7, 11) is 0. The maximum atomic E-state index is 11.2. The number of fused-ring (bicyclic) bond motifs is 1. The summed E-state index contributed by atoms with van der Waals surface area (Å²) in [6.45, 7) is 0. The summed E-state index contributed by atoms with van der Waals surface area (Å²) in [5.74, 6) is -0.496. The zero-order valence-electron chi connectivity index (χ0n) is 10.3. The summed E-state index contributed by atoms with van der Waals surface area (Å²) in [5.41, 5.74) is 2.35. The van der Waals surface area contributed by atoms with Crippen LogP contribution in [0.4, 0.5) is 0 Å². The third-order valence-electron chi connectivity index (χ3n) is 2.96. The summed E-state index contributed by atoms with van der Waals surface area (Å²) in [5, 5.41) is 18.9. The number of benzene rings is 2. The second-order valence-corrected chi connectivity index (χ2v) is 4.27. The van der Waals surface area contributed by atoms with Crippen molar-refractivity contribution in [2.45, 2.75) is 0 Å². The van der Waals surface area contributed by atoms with Crippen LogP contribution in [0.5, 0.6) is 11.5 Å². The average Bonchev–Trinajstić information content (AvgIpc) is 2.48. The number of nitrogens with zero attached hydrogens (tertiary/aromatic N) is 2. The van der Waals surface area contributed by atoms with E-state index in [1.165, 1.54) is 12.1 Å². The molecule has 0 saturated heterocycles. The molecule has 20 heavy (non-hydrogen) atoms. The normalized spacial score (nSPS) is 10.6. The van der Waals surface area contributed by atoms with E-state index in [2.05, 4.69) is 9.97 Å². The van der Waals surface area contributed by atoms with Gasteiger partial charge < -0.3 is 10.2 Å². The van der Waals surface area contributed by atoms with Crippen molar-refractivity contribution in [3.8, 4) is 22.8 Å². The predicted octanol–water partition coefficient (Wildman–Crippen LogP) is 2.52. The van der Waals surface area contributed by atoms with Crippen molar-refractivity contribution in [1.29, 1.82) is 0 Å². The number of phenolic OH excluding ortho intramolecular Hbond substituents is 2. The minimum atomic E-state index is -0.269. The largest absolute Gasteiger partial charge is 0.504 e. The first kappa shape index (κ1) is 12.1. The van der Waals surface area contributed by atoms with E-state index in [1.807, 2.05) is 12.1 Å². The molecule has 0 spiro atoms. The highest BCUT2D eigenvalue weighted by Crippen LogP contribution is 2.31. The number of phenols is 2. The maximum Gasteiger partial charge on any atom is 0.170 e. The minimum Gasteiger partial charge on any atom is -0.504 e. The zero-order chi connectivity index (χ0) is 14.1. The van der Waals surface area contributed by atoms with Crippen LogP contribution in [-0.4, -0.2) is 26.5 Å². The molecule has 3 aromatic rings. The van der Waals surface area contributed by atoms with E-state index in [9.17, 15) is 15.0 Å². The molecular formula is C15H10N2O3. The molecule has 0 aliphatic rings. The van der Waals surface area contributed by atoms with Gasteiger partial charge in [0.25, 0.3) is 0 Å². The first-order valence-corrected chi connectivity index (χ1v) is 5.93. The van der Waals surface area contributed by atoms with Crippen molar-refractivity contribution < 1.29 is 15.0 Å². The van der Waals surface area contributed by atoms with E-state index in [0.717, 1.165) is 0 Å². The predicted molar refractivity (Wildman–Crippen MR) is 73.7 cm³/mol. The smallest absolute Gasteiger partial charge is 0.170 e. The van der Waals surface area contributed by atoms with Gasteiger partial charge in [-0.1, -0.05) is 12.1 Å². The number of hydrogen-bond acceptors (Lipinski definition) is 5. The van der Waals surface area contributed by atoms with Gasteiger partial charge in [0, 0.05) is 5.56 Å². The van der Waals surface area contributed by atoms with Crippen LogP contribution in [-0.2, 0) is 0 Å². The summed E-state index contributed by atoms with van der Waals surface area (Å²) < 4.78 is 0. The van der Waals surface area contributed by atoms with Gasteiger partial charge in [0.1, 0.15) is 11.4 Å². The minimum absolute atomic E-state index is 0.189. The molecule has 1 aromatic heterocycles. The summed E-state index contributed by atoms with van der Waals surface area (Å²) in [6, 6.07) is 11.5. The molecule has 2 aromatic carbocycles. The molecule has 0 radical (unpaired) electrons. The molecule has 98 valence electrons. The second kappa shape index (κ2) is 4.62. The Morgan fingerprint density at radius 2 is 1.60 bits per heavy atom. The third kappa shape index (κ3) is 1.95. The van der Waals surface area contributed by atoms with E-state index in [1.54, 1.807) is 18.2 Å². The van der Waals surface area contributed by atoms with Crippen LogP contribution in [0, 0.1) is 0 Å². The lowest BCUT2D eigenvalue weighted by Gasteiger charge is -2.07. The standard InChI is InChI=1S/C15H10N2O3/c18-8-12-15(9-5-6-13(19)14(20)7-9)17-11-4-2-1-3-10(11)16-12/h1-8,19-20H. The Labute approximate surface area is 114 Å². The van der Waals surface area contributed by atoms with Crippen LogP contribution in [0.25, 0.3) is 22.3 Å². The molecule has 0 fully saturated rings. The third-order valence-corrected chi connectivity index (χ3v) is 2.96. The highest BCUT2D eigenvalue weighted by atomic mass is 16.3. The van der Waals surface area contributed by atoms with Crippen LogP contribution in [0.3, 0.4) is 0 Å². The Balaban J connectivity index is 2.28. The van der Waals surface area contributed by atoms with Crippen molar-refractivity contribution in [1.82, 2.24) is 9.97 Å². The van der Waals surface area contributed by atoms with Crippen molar-refractivity contribution in [3.05, 3.63) is 48.2 Å². The van der Waals surface area contributed by atoms with Crippen LogP contribution in [0.15, 0.2) is 42.5 Å². The molecule has 5 nitrogen and oxygen atoms in total. The average molecular weight is 266 g/mol. The highest BCUT2D eigenvalue weighted by Gasteiger charge is 2.12. The quantitative estimate of drug-likeness (QED) is 0.550. The number of aromatic nitrogens is 2. The number of para-hydroxylation sites is 2. The van der Waals surface area contributed by atoms with Gasteiger partial charge in [0.15, 0.2) is 17.8 Å². The Kier molecular flexibility index (Phi) is 2.80. The fraction of sp³-hybridized carbons (Fsp3) is 0. The van der Waals surface area contributed by atoms with E-state index >= 15 is 0 Å². The van der Waals surface area contributed by atoms with Gasteiger partial charge in [-0.25, -0.2) is 9.97 Å². The molecule has 3 rings (SSSR count). The van der Waals surface area contributed by atoms with E-state index in [0.29, 0.717) is 28.6 Å². The van der Waals surface area contributed by atoms with Crippen molar-refractivity contribution in [2.75, 3.05) is 0 Å². The molecule has 5 heteroatoms. The first-order valence-electron chi connectivity index (χ1n) is 5.93. The monoisotopic (exact) mass is 266 g/mol. The number of aldehydes is 1. The van der Waals surface area contributed by atoms with Crippen LogP contribution in [0.1, 0.15) is 10.5 Å². The van der Waals surface area contributed by atoms with E-state index < -0.39 is 0 Å². The first-order chi connectivity index (χ1) is 9.69. The molecule has 0 amide bonds. The second-order valence-electron chi connectivity index (χ2n) is 4.27. The van der Waals surface area contributed by atoms with E-state index in [4.69, 9.17) is 0 Å². The number of aromatic hydroxyl groups is 2. The molecule has 1 heterocycles. The molecule has 2 N–H and O–H groups in total. The topological polar surface area (TPSA) is 83.3 Å². The lowest BCUT2D eigenvalue weighted by molar-refractivity contribution is 0.111. The molecular weight excluding hydrogens is 256 g/mol. The lowest BCUT2D eigenvalue weighted by Crippen LogP contribution is -1.97. The fourth-order valence-electron chi connectivity index (χ4n) is 1.98. The van der Waals surface area contributed by atoms with Gasteiger partial charge in [-0.2, -0.15) is 0 Å². The van der Waals surface area contributed by atoms with Crippen molar-refractivity contribution >= 4 is 17.3 Å². The van der Waals surface area contributed by atoms with Gasteiger partial charge >= 0.3 is 0 Å². The maximum absolute atomic E-state index is 11.2. The molecule has 0 saturated carbocycles. The number of carbonyl (C=O) groups is 1. The molecule has 0 aliphatic heterocycles. The van der Waals surface area contributed by atoms with Crippen molar-refractivity contribution in [2.24, 2.45) is 0 Å². The number of rotatable bonds is 2. The molecule has 0 unspecified atom stereocenters. The fourth-order valence-corrected chi connectivity index (χ4v) is 1.98. The molecule has 0 atom stereocenters. The SMILES string of the molecule is O=Cc1nc2ccccc2nc1-c1ccc(O)c(O)c1. The summed E-state index contributed by atoms with van der Waals surface area (Å²) in [4.78, 5) is 19.8. The van der Waals surface area contributed by atoms with Crippen LogP contribution >= 0.6 is 0 Å². The van der Waals surface area contributed by atoms with Crippen LogP contribution in [0.2, 0.25) is 0 Å². The van der Waals surface area contributed by atoms with Gasteiger partial charge in [-0.3, -0.25) is 4.79 Å². The van der Waals surface area contributed by atoms with Crippen LogP contribution < -0.4 is 0 Å².